The van der Waals surface area contributed by atoms with Crippen molar-refractivity contribution < 1.29 is 4.39 Å². The molecular formula is C22H32FN5. The van der Waals surface area contributed by atoms with E-state index in [4.69, 9.17) is 0 Å². The van der Waals surface area contributed by atoms with Crippen LogP contribution in [0.3, 0.4) is 0 Å². The number of benzene rings is 1. The van der Waals surface area contributed by atoms with E-state index in [2.05, 4.69) is 66.3 Å². The van der Waals surface area contributed by atoms with Gasteiger partial charge in [0.1, 0.15) is 0 Å². The Hall–Kier alpha value is -2.21. The maximum Gasteiger partial charge on any atom is 0.229 e. The van der Waals surface area contributed by atoms with Gasteiger partial charge in [-0.05, 0) is 84.7 Å². The van der Waals surface area contributed by atoms with Gasteiger partial charge in [0.2, 0.25) is 5.95 Å². The standard InChI is InChI=1S/C22H32FN5/c1-14-8-15(2)10-16(9-14)26-20-24-13-18(23)19(27-20)25-17-11-21(3,4)28(7)22(5,6)12-17/h8-10,13,17H,11-12H2,1-7H3,(H2,24,25,26,27). The van der Waals surface area contributed by atoms with Crippen LogP contribution in [0.25, 0.3) is 0 Å². The van der Waals surface area contributed by atoms with Gasteiger partial charge < -0.3 is 10.6 Å². The van der Waals surface area contributed by atoms with Gasteiger partial charge in [-0.15, -0.1) is 0 Å². The molecule has 0 spiro atoms. The molecular weight excluding hydrogens is 353 g/mol. The van der Waals surface area contributed by atoms with E-state index in [0.29, 0.717) is 5.95 Å². The summed E-state index contributed by atoms with van der Waals surface area (Å²) >= 11 is 0. The van der Waals surface area contributed by atoms with Gasteiger partial charge in [-0.1, -0.05) is 6.07 Å². The third-order valence-electron chi connectivity index (χ3n) is 5.87. The number of nitrogens with one attached hydrogen (secondary N) is 2. The first-order valence-electron chi connectivity index (χ1n) is 9.85. The number of hydrogen-bond acceptors (Lipinski definition) is 5. The van der Waals surface area contributed by atoms with Gasteiger partial charge in [0, 0.05) is 22.8 Å². The maximum atomic E-state index is 14.4. The second-order valence-electron chi connectivity index (χ2n) is 9.32. The minimum Gasteiger partial charge on any atom is -0.365 e. The number of likely N-dealkylation sites (tertiary alicyclic amines) is 1. The Morgan fingerprint density at radius 2 is 1.61 bits per heavy atom. The average molecular weight is 386 g/mol. The van der Waals surface area contributed by atoms with E-state index in [9.17, 15) is 4.39 Å². The number of halogens is 1. The molecule has 6 heteroatoms. The molecule has 2 aromatic rings. The smallest absolute Gasteiger partial charge is 0.229 e. The predicted molar refractivity (Wildman–Crippen MR) is 114 cm³/mol. The third-order valence-corrected chi connectivity index (χ3v) is 5.87. The lowest BCUT2D eigenvalue weighted by Gasteiger charge is -2.53. The number of aromatic nitrogens is 2. The van der Waals surface area contributed by atoms with Crippen LogP contribution in [-0.4, -0.2) is 39.0 Å². The van der Waals surface area contributed by atoms with E-state index in [0.717, 1.165) is 29.7 Å². The second kappa shape index (κ2) is 7.32. The zero-order chi connectivity index (χ0) is 20.7. The van der Waals surface area contributed by atoms with Crippen molar-refractivity contribution in [3.05, 3.63) is 41.3 Å². The highest BCUT2D eigenvalue weighted by atomic mass is 19.1. The van der Waals surface area contributed by atoms with Crippen LogP contribution in [0.2, 0.25) is 0 Å². The van der Waals surface area contributed by atoms with E-state index in [-0.39, 0.29) is 22.9 Å². The van der Waals surface area contributed by atoms with Gasteiger partial charge >= 0.3 is 0 Å². The Labute approximate surface area is 167 Å². The molecule has 28 heavy (non-hydrogen) atoms. The molecule has 0 amide bonds. The molecule has 1 aromatic carbocycles. The third kappa shape index (κ3) is 4.43. The van der Waals surface area contributed by atoms with Gasteiger partial charge in [-0.3, -0.25) is 4.90 Å². The van der Waals surface area contributed by atoms with Gasteiger partial charge in [0.25, 0.3) is 0 Å². The van der Waals surface area contributed by atoms with Crippen LogP contribution in [0.15, 0.2) is 24.4 Å². The molecule has 1 aliphatic rings. The van der Waals surface area contributed by atoms with Crippen molar-refractivity contribution >= 4 is 17.5 Å². The summed E-state index contributed by atoms with van der Waals surface area (Å²) < 4.78 is 14.4. The lowest BCUT2D eigenvalue weighted by Crippen LogP contribution is -2.61. The summed E-state index contributed by atoms with van der Waals surface area (Å²) in [6.07, 6.45) is 3.05. The second-order valence-corrected chi connectivity index (χ2v) is 9.32. The van der Waals surface area contributed by atoms with Crippen LogP contribution < -0.4 is 10.6 Å². The fraction of sp³-hybridized carbons (Fsp3) is 0.545. The number of nitrogens with zero attached hydrogens (tertiary/aromatic N) is 3. The van der Waals surface area contributed by atoms with Crippen molar-refractivity contribution in [1.29, 1.82) is 0 Å². The van der Waals surface area contributed by atoms with Crippen LogP contribution in [0.5, 0.6) is 0 Å². The summed E-state index contributed by atoms with van der Waals surface area (Å²) in [5.74, 6) is 0.212. The molecule has 5 nitrogen and oxygen atoms in total. The van der Waals surface area contributed by atoms with Crippen LogP contribution in [0.1, 0.15) is 51.7 Å². The summed E-state index contributed by atoms with van der Waals surface area (Å²) in [7, 11) is 2.16. The largest absolute Gasteiger partial charge is 0.365 e. The Morgan fingerprint density at radius 3 is 2.18 bits per heavy atom. The number of anilines is 3. The predicted octanol–water partition coefficient (Wildman–Crippen LogP) is 5.04. The van der Waals surface area contributed by atoms with Crippen LogP contribution in [-0.2, 0) is 0 Å². The molecule has 0 atom stereocenters. The minimum absolute atomic E-state index is 0.0170. The highest BCUT2D eigenvalue weighted by Gasteiger charge is 2.43. The normalized spacial score (nSPS) is 19.4. The molecule has 0 saturated carbocycles. The van der Waals surface area contributed by atoms with Crippen LogP contribution in [0.4, 0.5) is 21.8 Å². The maximum absolute atomic E-state index is 14.4. The zero-order valence-electron chi connectivity index (χ0n) is 18.0. The van der Waals surface area contributed by atoms with Crippen LogP contribution in [0, 0.1) is 19.7 Å². The van der Waals surface area contributed by atoms with E-state index >= 15 is 0 Å². The molecule has 0 bridgehead atoms. The van der Waals surface area contributed by atoms with Crippen LogP contribution >= 0.6 is 0 Å². The molecule has 2 heterocycles. The summed E-state index contributed by atoms with van der Waals surface area (Å²) in [6, 6.07) is 6.29. The Bertz CT molecular complexity index is 824. The Kier molecular flexibility index (Phi) is 5.36. The summed E-state index contributed by atoms with van der Waals surface area (Å²) in [5.41, 5.74) is 3.24. The number of piperidine rings is 1. The molecule has 1 fully saturated rings. The summed E-state index contributed by atoms with van der Waals surface area (Å²) in [4.78, 5) is 10.9. The fourth-order valence-corrected chi connectivity index (χ4v) is 4.37. The van der Waals surface area contributed by atoms with Gasteiger partial charge in [0.15, 0.2) is 11.6 Å². The fourth-order valence-electron chi connectivity index (χ4n) is 4.37. The topological polar surface area (TPSA) is 53.1 Å². The lowest BCUT2D eigenvalue weighted by atomic mass is 9.77. The first kappa shape index (κ1) is 20.5. The monoisotopic (exact) mass is 385 g/mol. The zero-order valence-corrected chi connectivity index (χ0v) is 18.0. The van der Waals surface area contributed by atoms with E-state index in [1.54, 1.807) is 0 Å². The molecule has 3 rings (SSSR count). The Morgan fingerprint density at radius 1 is 1.04 bits per heavy atom. The lowest BCUT2D eigenvalue weighted by molar-refractivity contribution is -0.00778. The minimum atomic E-state index is -0.430. The summed E-state index contributed by atoms with van der Waals surface area (Å²) in [6.45, 7) is 13.0. The molecule has 152 valence electrons. The molecule has 2 N–H and O–H groups in total. The van der Waals surface area contributed by atoms with E-state index in [1.165, 1.54) is 6.20 Å². The van der Waals surface area contributed by atoms with Crippen molar-refractivity contribution in [2.75, 3.05) is 17.7 Å². The van der Waals surface area contributed by atoms with E-state index in [1.807, 2.05) is 26.0 Å². The molecule has 1 aliphatic heterocycles. The van der Waals surface area contributed by atoms with Gasteiger partial charge in [-0.25, -0.2) is 9.37 Å². The van der Waals surface area contributed by atoms with Crippen molar-refractivity contribution in [1.82, 2.24) is 14.9 Å². The Balaban J connectivity index is 1.80. The molecule has 1 saturated heterocycles. The van der Waals surface area contributed by atoms with Gasteiger partial charge in [0.05, 0.1) is 6.20 Å². The highest BCUT2D eigenvalue weighted by molar-refractivity contribution is 5.57. The molecule has 1 aromatic heterocycles. The molecule has 0 radical (unpaired) electrons. The van der Waals surface area contributed by atoms with Crippen molar-refractivity contribution in [3.8, 4) is 0 Å². The average Bonchev–Trinajstić information content (AvgIpc) is 2.54. The van der Waals surface area contributed by atoms with Crippen molar-refractivity contribution in [2.24, 2.45) is 0 Å². The molecule has 0 aliphatic carbocycles. The SMILES string of the molecule is Cc1cc(C)cc(Nc2ncc(F)c(NC3CC(C)(C)N(C)C(C)(C)C3)n2)c1. The first-order valence-corrected chi connectivity index (χ1v) is 9.85. The van der Waals surface area contributed by atoms with Crippen molar-refractivity contribution in [3.63, 3.8) is 0 Å². The van der Waals surface area contributed by atoms with Gasteiger partial charge in [-0.2, -0.15) is 4.98 Å². The first-order chi connectivity index (χ1) is 13.0. The quantitative estimate of drug-likeness (QED) is 0.772. The van der Waals surface area contributed by atoms with E-state index < -0.39 is 5.82 Å². The number of hydrogen-bond donors (Lipinski definition) is 2. The summed E-state index contributed by atoms with van der Waals surface area (Å²) in [5, 5.41) is 6.53. The van der Waals surface area contributed by atoms with Crippen molar-refractivity contribution in [2.45, 2.75) is 71.5 Å². The molecule has 0 unspecified atom stereocenters. The number of rotatable bonds is 4. The number of aryl methyl sites for hydroxylation is 2. The highest BCUT2D eigenvalue weighted by Crippen LogP contribution is 2.38.